The van der Waals surface area contributed by atoms with Crippen molar-refractivity contribution in [2.45, 2.75) is 24.6 Å². The summed E-state index contributed by atoms with van der Waals surface area (Å²) in [7, 11) is -1.90. The van der Waals surface area contributed by atoms with Crippen LogP contribution in [-0.2, 0) is 28.5 Å². The molecule has 0 saturated carbocycles. The fraction of sp³-hybridized carbons (Fsp3) is 1.00. The normalized spacial score (nSPS) is 41.0. The predicted molar refractivity (Wildman–Crippen MR) is 45.1 cm³/mol. The third-order valence-corrected chi connectivity index (χ3v) is 2.75. The van der Waals surface area contributed by atoms with Crippen LogP contribution in [0, 0.1) is 0 Å². The van der Waals surface area contributed by atoms with Crippen LogP contribution in [-0.4, -0.2) is 53.0 Å². The molecule has 82 valence electrons. The Morgan fingerprint density at radius 1 is 1.29 bits per heavy atom. The van der Waals surface area contributed by atoms with Gasteiger partial charge in [-0.15, -0.1) is 0 Å². The molecule has 0 N–H and O–H groups in total. The van der Waals surface area contributed by atoms with Crippen molar-refractivity contribution in [2.75, 3.05) is 20.0 Å². The lowest BCUT2D eigenvalue weighted by molar-refractivity contribution is -0.164. The Labute approximate surface area is 82.2 Å². The molecule has 2 heterocycles. The van der Waals surface area contributed by atoms with Crippen molar-refractivity contribution in [3.05, 3.63) is 0 Å². The highest BCUT2D eigenvalue weighted by atomic mass is 32.2. The highest BCUT2D eigenvalue weighted by Crippen LogP contribution is 2.39. The maximum absolute atomic E-state index is 10.7. The number of rotatable bonds is 4. The van der Waals surface area contributed by atoms with E-state index in [0.29, 0.717) is 0 Å². The quantitative estimate of drug-likeness (QED) is 0.455. The number of hydrogen-bond donors (Lipinski definition) is 0. The van der Waals surface area contributed by atoms with Gasteiger partial charge >= 0.3 is 0 Å². The van der Waals surface area contributed by atoms with E-state index in [1.54, 1.807) is 0 Å². The summed E-state index contributed by atoms with van der Waals surface area (Å²) in [4.78, 5) is 0. The van der Waals surface area contributed by atoms with Gasteiger partial charge in [0, 0.05) is 7.11 Å². The fourth-order valence-corrected chi connectivity index (χ4v) is 1.88. The Morgan fingerprint density at radius 3 is 2.50 bits per heavy atom. The SMILES string of the molecule is CO[C@@H]1O[C@H](COS(C)(=O)=O)[C@H]2O[C@@H]12. The van der Waals surface area contributed by atoms with E-state index in [1.807, 2.05) is 0 Å². The Hall–Kier alpha value is -0.210. The zero-order valence-corrected chi connectivity index (χ0v) is 8.69. The van der Waals surface area contributed by atoms with Crippen LogP contribution in [0.5, 0.6) is 0 Å². The minimum atomic E-state index is -3.42. The van der Waals surface area contributed by atoms with E-state index < -0.39 is 16.4 Å². The number of methoxy groups -OCH3 is 1. The van der Waals surface area contributed by atoms with Crippen molar-refractivity contribution < 1.29 is 26.8 Å². The molecule has 2 rings (SSSR count). The summed E-state index contributed by atoms with van der Waals surface area (Å²) >= 11 is 0. The summed E-state index contributed by atoms with van der Waals surface area (Å²) in [6, 6.07) is 0. The van der Waals surface area contributed by atoms with Crippen LogP contribution in [0.3, 0.4) is 0 Å². The molecule has 14 heavy (non-hydrogen) atoms. The Bertz CT molecular complexity index is 312. The van der Waals surface area contributed by atoms with Crippen molar-refractivity contribution in [1.29, 1.82) is 0 Å². The van der Waals surface area contributed by atoms with Crippen LogP contribution in [0.1, 0.15) is 0 Å². The van der Waals surface area contributed by atoms with Crippen molar-refractivity contribution in [1.82, 2.24) is 0 Å². The first kappa shape index (κ1) is 10.3. The number of fused-ring (bicyclic) bond motifs is 1. The lowest BCUT2D eigenvalue weighted by atomic mass is 10.2. The molecule has 6 nitrogen and oxygen atoms in total. The second-order valence-electron chi connectivity index (χ2n) is 3.33. The first-order chi connectivity index (χ1) is 6.51. The summed E-state index contributed by atoms with van der Waals surface area (Å²) in [6.45, 7) is -0.0140. The second-order valence-corrected chi connectivity index (χ2v) is 4.98. The van der Waals surface area contributed by atoms with Gasteiger partial charge < -0.3 is 14.2 Å². The molecule has 0 radical (unpaired) electrons. The minimum Gasteiger partial charge on any atom is -0.361 e. The van der Waals surface area contributed by atoms with E-state index in [0.717, 1.165) is 6.26 Å². The third kappa shape index (κ3) is 2.06. The van der Waals surface area contributed by atoms with Gasteiger partial charge in [0.25, 0.3) is 10.1 Å². The molecule has 0 aromatic heterocycles. The zero-order valence-electron chi connectivity index (χ0n) is 7.87. The van der Waals surface area contributed by atoms with Gasteiger partial charge in [-0.05, 0) is 0 Å². The molecule has 0 unspecified atom stereocenters. The van der Waals surface area contributed by atoms with Crippen molar-refractivity contribution in [3.8, 4) is 0 Å². The van der Waals surface area contributed by atoms with E-state index in [4.69, 9.17) is 14.2 Å². The van der Waals surface area contributed by atoms with Gasteiger partial charge in [-0.3, -0.25) is 4.18 Å². The lowest BCUT2D eigenvalue weighted by Crippen LogP contribution is -2.26. The van der Waals surface area contributed by atoms with E-state index in [1.165, 1.54) is 7.11 Å². The number of epoxide rings is 1. The molecule has 2 fully saturated rings. The number of hydrogen-bond acceptors (Lipinski definition) is 6. The zero-order chi connectivity index (χ0) is 10.3. The summed E-state index contributed by atoms with van der Waals surface area (Å²) in [5, 5.41) is 0. The van der Waals surface area contributed by atoms with Crippen LogP contribution >= 0.6 is 0 Å². The van der Waals surface area contributed by atoms with Gasteiger partial charge in [0.05, 0.1) is 12.9 Å². The summed E-state index contributed by atoms with van der Waals surface area (Å²) in [5.41, 5.74) is 0. The molecule has 2 aliphatic rings. The van der Waals surface area contributed by atoms with Crippen molar-refractivity contribution in [3.63, 3.8) is 0 Å². The van der Waals surface area contributed by atoms with E-state index in [-0.39, 0.29) is 24.9 Å². The van der Waals surface area contributed by atoms with Crippen molar-refractivity contribution >= 4 is 10.1 Å². The topological polar surface area (TPSA) is 74.4 Å². The van der Waals surface area contributed by atoms with Crippen LogP contribution in [0.25, 0.3) is 0 Å². The monoisotopic (exact) mass is 224 g/mol. The van der Waals surface area contributed by atoms with E-state index in [9.17, 15) is 8.42 Å². The van der Waals surface area contributed by atoms with E-state index in [2.05, 4.69) is 4.18 Å². The van der Waals surface area contributed by atoms with Crippen LogP contribution in [0.2, 0.25) is 0 Å². The highest BCUT2D eigenvalue weighted by Gasteiger charge is 2.58. The molecule has 4 atom stereocenters. The summed E-state index contributed by atoms with van der Waals surface area (Å²) in [5.74, 6) is 0. The van der Waals surface area contributed by atoms with Gasteiger partial charge in [0.15, 0.2) is 6.29 Å². The van der Waals surface area contributed by atoms with E-state index >= 15 is 0 Å². The molecule has 2 aliphatic heterocycles. The molecular weight excluding hydrogens is 212 g/mol. The fourth-order valence-electron chi connectivity index (χ4n) is 1.50. The second kappa shape index (κ2) is 3.42. The first-order valence-corrected chi connectivity index (χ1v) is 6.01. The summed E-state index contributed by atoms with van der Waals surface area (Å²) in [6.07, 6.45) is 0.115. The van der Waals surface area contributed by atoms with Gasteiger partial charge in [0.2, 0.25) is 0 Å². The van der Waals surface area contributed by atoms with Gasteiger partial charge in [-0.2, -0.15) is 8.42 Å². The molecule has 2 saturated heterocycles. The Kier molecular flexibility index (Phi) is 2.52. The number of ether oxygens (including phenoxy) is 3. The van der Waals surface area contributed by atoms with Crippen LogP contribution in [0.15, 0.2) is 0 Å². The van der Waals surface area contributed by atoms with Crippen LogP contribution < -0.4 is 0 Å². The predicted octanol–water partition coefficient (Wildman–Crippen LogP) is -0.899. The third-order valence-electron chi connectivity index (χ3n) is 2.18. The molecular formula is C7H12O6S. The van der Waals surface area contributed by atoms with Gasteiger partial charge in [-0.1, -0.05) is 0 Å². The molecule has 0 aliphatic carbocycles. The first-order valence-electron chi connectivity index (χ1n) is 4.19. The van der Waals surface area contributed by atoms with Crippen molar-refractivity contribution in [2.24, 2.45) is 0 Å². The van der Waals surface area contributed by atoms with Gasteiger partial charge in [0.1, 0.15) is 18.3 Å². The molecule has 0 spiro atoms. The maximum Gasteiger partial charge on any atom is 0.264 e. The lowest BCUT2D eigenvalue weighted by Gasteiger charge is -2.15. The minimum absolute atomic E-state index is 0.0140. The summed E-state index contributed by atoms with van der Waals surface area (Å²) < 4.78 is 41.5. The molecule has 0 aromatic rings. The molecule has 0 bridgehead atoms. The maximum atomic E-state index is 10.7. The average Bonchev–Trinajstić information content (AvgIpc) is 2.78. The molecule has 0 amide bonds. The Morgan fingerprint density at radius 2 is 2.00 bits per heavy atom. The van der Waals surface area contributed by atoms with Crippen LogP contribution in [0.4, 0.5) is 0 Å². The molecule has 0 aromatic carbocycles. The molecule has 7 heteroatoms. The smallest absolute Gasteiger partial charge is 0.264 e. The average molecular weight is 224 g/mol. The van der Waals surface area contributed by atoms with Gasteiger partial charge in [-0.25, -0.2) is 0 Å². The largest absolute Gasteiger partial charge is 0.361 e. The standard InChI is InChI=1S/C7H12O6S/c1-10-7-6-5(13-6)4(12-7)3-11-14(2,8)9/h4-7H,3H2,1-2H3/t4-,5-,6-,7-/m1/s1. The highest BCUT2D eigenvalue weighted by molar-refractivity contribution is 7.85. The Balaban J connectivity index is 1.84.